The van der Waals surface area contributed by atoms with Crippen molar-refractivity contribution in [1.29, 1.82) is 0 Å². The molecule has 0 unspecified atom stereocenters. The van der Waals surface area contributed by atoms with Gasteiger partial charge in [-0.05, 0) is 19.1 Å². The lowest BCUT2D eigenvalue weighted by molar-refractivity contribution is 0.0690. The number of carboxylic acid groups (broad SMARTS) is 1. The van der Waals surface area contributed by atoms with Crippen LogP contribution in [-0.2, 0) is 0 Å². The summed E-state index contributed by atoms with van der Waals surface area (Å²) in [4.78, 5) is 16.0. The summed E-state index contributed by atoms with van der Waals surface area (Å²) < 4.78 is 0. The first kappa shape index (κ1) is 9.32. The lowest BCUT2D eigenvalue weighted by atomic mass is 10.3. The zero-order valence-electron chi connectivity index (χ0n) is 7.95. The van der Waals surface area contributed by atoms with Crippen molar-refractivity contribution in [2.24, 2.45) is 0 Å². The lowest BCUT2D eigenvalue weighted by Gasteiger charge is -2.02. The summed E-state index contributed by atoms with van der Waals surface area (Å²) in [6, 6.07) is 3.14. The molecule has 0 spiro atoms. The second-order valence-electron chi connectivity index (χ2n) is 2.98. The Morgan fingerprint density at radius 2 is 2.00 bits per heavy atom. The number of carbonyl (C=O) groups is 1. The van der Waals surface area contributed by atoms with Crippen molar-refractivity contribution in [3.05, 3.63) is 35.9 Å². The maximum Gasteiger partial charge on any atom is 0.354 e. The number of aromatic nitrogens is 4. The van der Waals surface area contributed by atoms with E-state index >= 15 is 0 Å². The second-order valence-corrected chi connectivity index (χ2v) is 2.98. The zero-order valence-corrected chi connectivity index (χ0v) is 7.95. The fourth-order valence-electron chi connectivity index (χ4n) is 1.22. The lowest BCUT2D eigenvalue weighted by Crippen LogP contribution is -2.06. The second kappa shape index (κ2) is 3.49. The van der Waals surface area contributed by atoms with E-state index in [1.54, 1.807) is 13.0 Å². The van der Waals surface area contributed by atoms with Crippen LogP contribution >= 0.6 is 0 Å². The van der Waals surface area contributed by atoms with E-state index in [4.69, 9.17) is 5.11 Å². The molecule has 0 aliphatic carbocycles. The first-order valence-electron chi connectivity index (χ1n) is 4.25. The van der Waals surface area contributed by atoms with Crippen molar-refractivity contribution < 1.29 is 9.90 Å². The molecule has 0 radical (unpaired) electrons. The van der Waals surface area contributed by atoms with Crippen molar-refractivity contribution in [3.8, 4) is 5.69 Å². The molecule has 6 nitrogen and oxygen atoms in total. The number of hydrogen-bond donors (Lipinski definition) is 1. The number of carboxylic acids is 1. The van der Waals surface area contributed by atoms with Gasteiger partial charge in [0.05, 0.1) is 18.1 Å². The molecule has 15 heavy (non-hydrogen) atoms. The predicted octanol–water partition coefficient (Wildman–Crippen LogP) is 0.669. The Hall–Kier alpha value is -2.24. The molecule has 2 aromatic heterocycles. The number of nitrogens with zero attached hydrogens (tertiary/aromatic N) is 4. The Morgan fingerprint density at radius 1 is 1.33 bits per heavy atom. The molecule has 76 valence electrons. The molecule has 2 heterocycles. The van der Waals surface area contributed by atoms with E-state index in [0.29, 0.717) is 11.4 Å². The molecule has 0 aliphatic rings. The van der Waals surface area contributed by atoms with Crippen molar-refractivity contribution in [2.45, 2.75) is 6.92 Å². The van der Waals surface area contributed by atoms with Gasteiger partial charge in [0.25, 0.3) is 0 Å². The van der Waals surface area contributed by atoms with Crippen LogP contribution in [0.25, 0.3) is 5.69 Å². The van der Waals surface area contributed by atoms with E-state index in [9.17, 15) is 4.79 Å². The van der Waals surface area contributed by atoms with Crippen LogP contribution in [0.1, 0.15) is 16.2 Å². The summed E-state index contributed by atoms with van der Waals surface area (Å²) in [5, 5.41) is 16.6. The van der Waals surface area contributed by atoms with Gasteiger partial charge in [-0.25, -0.2) is 9.78 Å². The first-order chi connectivity index (χ1) is 7.16. The molecule has 0 fully saturated rings. The minimum atomic E-state index is -1.06. The maximum atomic E-state index is 10.8. The number of hydrogen-bond acceptors (Lipinski definition) is 4. The number of aryl methyl sites for hydroxylation is 1. The summed E-state index contributed by atoms with van der Waals surface area (Å²) in [7, 11) is 0. The van der Waals surface area contributed by atoms with Gasteiger partial charge in [-0.2, -0.15) is 15.0 Å². The van der Waals surface area contributed by atoms with Gasteiger partial charge < -0.3 is 5.11 Å². The van der Waals surface area contributed by atoms with Crippen molar-refractivity contribution >= 4 is 5.97 Å². The summed E-state index contributed by atoms with van der Waals surface area (Å²) in [6.07, 6.45) is 3.05. The third-order valence-corrected chi connectivity index (χ3v) is 1.81. The molecule has 1 N–H and O–H groups in total. The van der Waals surface area contributed by atoms with Crippen LogP contribution in [0, 0.1) is 6.92 Å². The summed E-state index contributed by atoms with van der Waals surface area (Å²) in [5.74, 6) is -1.06. The van der Waals surface area contributed by atoms with Crippen LogP contribution in [0.15, 0.2) is 24.5 Å². The topological polar surface area (TPSA) is 80.9 Å². The largest absolute Gasteiger partial charge is 0.477 e. The molecule has 0 amide bonds. The van der Waals surface area contributed by atoms with E-state index in [1.165, 1.54) is 23.3 Å². The van der Waals surface area contributed by atoms with Crippen LogP contribution in [0.5, 0.6) is 0 Å². The highest BCUT2D eigenvalue weighted by Crippen LogP contribution is 2.08. The van der Waals surface area contributed by atoms with Gasteiger partial charge in [0.1, 0.15) is 0 Å². The molecule has 0 aromatic carbocycles. The van der Waals surface area contributed by atoms with E-state index in [1.807, 2.05) is 0 Å². The molecule has 2 aromatic rings. The Morgan fingerprint density at radius 3 is 2.60 bits per heavy atom. The van der Waals surface area contributed by atoms with Crippen LogP contribution in [-0.4, -0.2) is 31.1 Å². The average Bonchev–Trinajstić information content (AvgIpc) is 2.69. The van der Waals surface area contributed by atoms with Crippen molar-refractivity contribution in [2.75, 3.05) is 0 Å². The highest BCUT2D eigenvalue weighted by Gasteiger charge is 2.08. The average molecular weight is 204 g/mol. The van der Waals surface area contributed by atoms with Gasteiger partial charge in [0.2, 0.25) is 0 Å². The molecule has 0 saturated carbocycles. The molecular formula is C9H8N4O2. The number of aromatic carboxylic acids is 1. The van der Waals surface area contributed by atoms with E-state index in [-0.39, 0.29) is 5.69 Å². The molecule has 6 heteroatoms. The monoisotopic (exact) mass is 204 g/mol. The smallest absolute Gasteiger partial charge is 0.354 e. The standard InChI is InChI=1S/C9H8N4O2/c1-6-4-7(13-10-2-3-11-13)5-8(12-6)9(14)15/h2-5H,1H3,(H,14,15). The fraction of sp³-hybridized carbons (Fsp3) is 0.111. The van der Waals surface area contributed by atoms with Crippen molar-refractivity contribution in [1.82, 2.24) is 20.0 Å². The molecular weight excluding hydrogens is 196 g/mol. The van der Waals surface area contributed by atoms with Gasteiger partial charge in [0, 0.05) is 5.69 Å². The Balaban J connectivity index is 2.54. The van der Waals surface area contributed by atoms with Gasteiger partial charge in [-0.3, -0.25) is 0 Å². The number of rotatable bonds is 2. The Labute approximate surface area is 85.2 Å². The molecule has 0 atom stereocenters. The SMILES string of the molecule is Cc1cc(-n2nccn2)cc(C(=O)O)n1. The number of pyridine rings is 1. The van der Waals surface area contributed by atoms with Gasteiger partial charge >= 0.3 is 5.97 Å². The Kier molecular flexibility index (Phi) is 2.17. The minimum absolute atomic E-state index is 0.0118. The maximum absolute atomic E-state index is 10.8. The van der Waals surface area contributed by atoms with Gasteiger partial charge in [-0.15, -0.1) is 0 Å². The summed E-state index contributed by atoms with van der Waals surface area (Å²) in [5.41, 5.74) is 1.19. The third kappa shape index (κ3) is 1.83. The van der Waals surface area contributed by atoms with Crippen LogP contribution < -0.4 is 0 Å². The molecule has 0 aliphatic heterocycles. The van der Waals surface area contributed by atoms with Crippen LogP contribution in [0.2, 0.25) is 0 Å². The minimum Gasteiger partial charge on any atom is -0.477 e. The normalized spacial score (nSPS) is 10.2. The third-order valence-electron chi connectivity index (χ3n) is 1.81. The first-order valence-corrected chi connectivity index (χ1v) is 4.25. The molecule has 0 bridgehead atoms. The fourth-order valence-corrected chi connectivity index (χ4v) is 1.22. The van der Waals surface area contributed by atoms with Crippen LogP contribution in [0.3, 0.4) is 0 Å². The molecule has 2 rings (SSSR count). The summed E-state index contributed by atoms with van der Waals surface area (Å²) >= 11 is 0. The summed E-state index contributed by atoms with van der Waals surface area (Å²) in [6.45, 7) is 1.72. The van der Waals surface area contributed by atoms with E-state index in [2.05, 4.69) is 15.2 Å². The predicted molar refractivity (Wildman–Crippen MR) is 50.9 cm³/mol. The van der Waals surface area contributed by atoms with E-state index < -0.39 is 5.97 Å². The highest BCUT2D eigenvalue weighted by molar-refractivity contribution is 5.86. The molecule has 0 saturated heterocycles. The quantitative estimate of drug-likeness (QED) is 0.777. The van der Waals surface area contributed by atoms with Gasteiger partial charge in [0.15, 0.2) is 5.69 Å². The highest BCUT2D eigenvalue weighted by atomic mass is 16.4. The van der Waals surface area contributed by atoms with Gasteiger partial charge in [-0.1, -0.05) is 0 Å². The zero-order chi connectivity index (χ0) is 10.8. The van der Waals surface area contributed by atoms with E-state index in [0.717, 1.165) is 0 Å². The van der Waals surface area contributed by atoms with Crippen LogP contribution in [0.4, 0.5) is 0 Å². The Bertz CT molecular complexity index is 493. The van der Waals surface area contributed by atoms with Crippen molar-refractivity contribution in [3.63, 3.8) is 0 Å².